The first-order valence-corrected chi connectivity index (χ1v) is 14.2. The molecule has 32 heavy (non-hydrogen) atoms. The topological polar surface area (TPSA) is 20.2 Å². The summed E-state index contributed by atoms with van der Waals surface area (Å²) in [5.74, 6) is 3.41. The highest BCUT2D eigenvalue weighted by Crippen LogP contribution is 2.59. The second-order valence-corrected chi connectivity index (χ2v) is 13.3. The number of aliphatic hydroxyl groups excluding tert-OH is 1. The van der Waals surface area contributed by atoms with E-state index in [-0.39, 0.29) is 10.9 Å². The van der Waals surface area contributed by atoms with Crippen LogP contribution in [-0.4, -0.2) is 21.7 Å². The van der Waals surface area contributed by atoms with Gasteiger partial charge in [0.1, 0.15) is 0 Å². The van der Waals surface area contributed by atoms with Crippen LogP contribution in [0.1, 0.15) is 98.8 Å². The lowest BCUT2D eigenvalue weighted by Gasteiger charge is -2.44. The highest BCUT2D eigenvalue weighted by Gasteiger charge is 2.50. The number of hydrogen-bond acceptors (Lipinski definition) is 2. The van der Waals surface area contributed by atoms with Crippen LogP contribution in [0.25, 0.3) is 0 Å². The van der Waals surface area contributed by atoms with Crippen molar-refractivity contribution in [2.45, 2.75) is 110 Å². The lowest BCUT2D eigenvalue weighted by atomic mass is 9.61. The molecule has 0 aromatic heterocycles. The molecule has 3 fully saturated rings. The van der Waals surface area contributed by atoms with Gasteiger partial charge < -0.3 is 5.11 Å². The molecule has 0 radical (unpaired) electrons. The van der Waals surface area contributed by atoms with E-state index >= 15 is 0 Å². The van der Waals surface area contributed by atoms with Gasteiger partial charge in [-0.1, -0.05) is 69.2 Å². The average molecular weight is 457 g/mol. The largest absolute Gasteiger partial charge is 0.393 e. The monoisotopic (exact) mass is 456 g/mol. The van der Waals surface area contributed by atoms with E-state index in [1.807, 2.05) is 0 Å². The molecule has 0 aliphatic heterocycles. The zero-order chi connectivity index (χ0) is 23.4. The van der Waals surface area contributed by atoms with Gasteiger partial charge in [0, 0.05) is 4.75 Å². The van der Waals surface area contributed by atoms with E-state index < -0.39 is 0 Å². The molecule has 0 aromatic carbocycles. The molecule has 3 saturated carbocycles. The molecule has 0 bridgehead atoms. The molecule has 2 heteroatoms. The van der Waals surface area contributed by atoms with Crippen LogP contribution in [0.5, 0.6) is 0 Å². The summed E-state index contributed by atoms with van der Waals surface area (Å²) in [5.41, 5.74) is 4.59. The van der Waals surface area contributed by atoms with Crippen LogP contribution in [0.4, 0.5) is 0 Å². The fraction of sp³-hybridized carbons (Fsp3) is 0.733. The van der Waals surface area contributed by atoms with Crippen LogP contribution < -0.4 is 0 Å². The van der Waals surface area contributed by atoms with Crippen LogP contribution >= 0.6 is 11.8 Å². The van der Waals surface area contributed by atoms with Gasteiger partial charge in [-0.2, -0.15) is 11.8 Å². The van der Waals surface area contributed by atoms with Gasteiger partial charge in [-0.3, -0.25) is 0 Å². The van der Waals surface area contributed by atoms with Gasteiger partial charge in [-0.25, -0.2) is 0 Å². The second kappa shape index (κ2) is 11.1. The Hall–Kier alpha value is -0.730. The number of allylic oxidation sites excluding steroid dienone is 5. The van der Waals surface area contributed by atoms with Crippen LogP contribution in [0.3, 0.4) is 0 Å². The summed E-state index contributed by atoms with van der Waals surface area (Å²) >= 11 is 2.10. The van der Waals surface area contributed by atoms with Gasteiger partial charge in [-0.15, -0.1) is 0 Å². The normalized spacial score (nSPS) is 35.1. The predicted octanol–water partition coefficient (Wildman–Crippen LogP) is 8.66. The van der Waals surface area contributed by atoms with Crippen molar-refractivity contribution in [2.75, 3.05) is 5.75 Å². The number of unbranched alkanes of at least 4 members (excludes halogenated alkanes) is 1. The Labute approximate surface area is 202 Å². The van der Waals surface area contributed by atoms with E-state index in [0.29, 0.717) is 11.3 Å². The fourth-order valence-electron chi connectivity index (χ4n) is 6.58. The van der Waals surface area contributed by atoms with Crippen molar-refractivity contribution in [3.63, 3.8) is 0 Å². The summed E-state index contributed by atoms with van der Waals surface area (Å²) in [4.78, 5) is 0. The van der Waals surface area contributed by atoms with E-state index in [2.05, 4.69) is 77.3 Å². The van der Waals surface area contributed by atoms with E-state index in [0.717, 1.165) is 31.1 Å². The van der Waals surface area contributed by atoms with Gasteiger partial charge in [0.25, 0.3) is 0 Å². The molecule has 180 valence electrons. The zero-order valence-corrected chi connectivity index (χ0v) is 22.3. The molecule has 0 spiro atoms. The van der Waals surface area contributed by atoms with Gasteiger partial charge in [0.15, 0.2) is 0 Å². The molecule has 3 aliphatic carbocycles. The fourth-order valence-corrected chi connectivity index (χ4v) is 7.72. The first-order chi connectivity index (χ1) is 15.2. The third-order valence-electron chi connectivity index (χ3n) is 8.63. The van der Waals surface area contributed by atoms with E-state index in [1.54, 1.807) is 5.57 Å². The summed E-state index contributed by atoms with van der Waals surface area (Å²) in [6, 6.07) is 0. The SMILES string of the molecule is C=C1CCC(O)C/C1=C/C=C1\CCCC2(C)C1CCC2C(C)/C=C/C(C)(C)SCCCC. The molecule has 3 aliphatic rings. The third kappa shape index (κ3) is 6.23. The molecule has 0 saturated heterocycles. The van der Waals surface area contributed by atoms with Crippen molar-refractivity contribution in [1.82, 2.24) is 0 Å². The lowest BCUT2D eigenvalue weighted by Crippen LogP contribution is -2.35. The Bertz CT molecular complexity index is 742. The molecule has 5 atom stereocenters. The summed E-state index contributed by atoms with van der Waals surface area (Å²) in [7, 11) is 0. The molecule has 3 rings (SSSR count). The number of fused-ring (bicyclic) bond motifs is 1. The van der Waals surface area contributed by atoms with Crippen LogP contribution in [0.2, 0.25) is 0 Å². The Balaban J connectivity index is 1.70. The molecular formula is C30H48OS. The Morgan fingerprint density at radius 1 is 1.22 bits per heavy atom. The van der Waals surface area contributed by atoms with Crippen molar-refractivity contribution in [1.29, 1.82) is 0 Å². The van der Waals surface area contributed by atoms with Gasteiger partial charge >= 0.3 is 0 Å². The van der Waals surface area contributed by atoms with Crippen molar-refractivity contribution in [2.24, 2.45) is 23.2 Å². The minimum absolute atomic E-state index is 0.186. The standard InChI is InChI=1S/C30H48OS/c1-7-8-20-32-29(4,5)19-17-23(3)27-15-16-28-24(10-9-18-30(27,28)6)12-13-25-21-26(31)14-11-22(25)2/h12-13,17,19,23,26-28,31H,2,7-11,14-16,18,20-21H2,1,3-6H3/b19-17+,24-12+,25-13-. The van der Waals surface area contributed by atoms with E-state index in [9.17, 15) is 5.11 Å². The summed E-state index contributed by atoms with van der Waals surface area (Å²) in [6.45, 7) is 16.3. The molecule has 1 nitrogen and oxygen atoms in total. The number of hydrogen-bond donors (Lipinski definition) is 1. The Morgan fingerprint density at radius 3 is 2.75 bits per heavy atom. The van der Waals surface area contributed by atoms with Crippen molar-refractivity contribution in [3.05, 3.63) is 47.6 Å². The Morgan fingerprint density at radius 2 is 2.00 bits per heavy atom. The third-order valence-corrected chi connectivity index (χ3v) is 10.0. The quantitative estimate of drug-likeness (QED) is 0.291. The van der Waals surface area contributed by atoms with Crippen molar-refractivity contribution in [3.8, 4) is 0 Å². The lowest BCUT2D eigenvalue weighted by molar-refractivity contribution is 0.112. The minimum atomic E-state index is -0.186. The first-order valence-electron chi connectivity index (χ1n) is 13.3. The van der Waals surface area contributed by atoms with Crippen LogP contribution in [-0.2, 0) is 0 Å². The van der Waals surface area contributed by atoms with E-state index in [1.165, 1.54) is 61.8 Å². The van der Waals surface area contributed by atoms with Gasteiger partial charge in [0.2, 0.25) is 0 Å². The number of thioether (sulfide) groups is 1. The Kier molecular flexibility index (Phi) is 9.00. The summed E-state index contributed by atoms with van der Waals surface area (Å²) in [6.07, 6.45) is 21.4. The highest BCUT2D eigenvalue weighted by atomic mass is 32.2. The van der Waals surface area contributed by atoms with E-state index in [4.69, 9.17) is 0 Å². The van der Waals surface area contributed by atoms with Gasteiger partial charge in [-0.05, 0) is 106 Å². The minimum Gasteiger partial charge on any atom is -0.393 e. The summed E-state index contributed by atoms with van der Waals surface area (Å²) in [5, 5.41) is 10.1. The van der Waals surface area contributed by atoms with Crippen molar-refractivity contribution >= 4 is 11.8 Å². The van der Waals surface area contributed by atoms with Crippen molar-refractivity contribution < 1.29 is 5.11 Å². The van der Waals surface area contributed by atoms with Crippen LogP contribution in [0, 0.1) is 23.2 Å². The smallest absolute Gasteiger partial charge is 0.0583 e. The maximum Gasteiger partial charge on any atom is 0.0583 e. The zero-order valence-electron chi connectivity index (χ0n) is 21.5. The molecule has 0 amide bonds. The van der Waals surface area contributed by atoms with Crippen LogP contribution in [0.15, 0.2) is 47.6 Å². The average Bonchev–Trinajstić information content (AvgIpc) is 3.10. The number of aliphatic hydroxyl groups is 1. The molecule has 0 aromatic rings. The first kappa shape index (κ1) is 25.9. The van der Waals surface area contributed by atoms with Gasteiger partial charge in [0.05, 0.1) is 6.10 Å². The molecule has 0 heterocycles. The number of rotatable bonds is 8. The maximum atomic E-state index is 10.1. The highest BCUT2D eigenvalue weighted by molar-refractivity contribution is 8.00. The maximum absolute atomic E-state index is 10.1. The molecule has 5 unspecified atom stereocenters. The summed E-state index contributed by atoms with van der Waals surface area (Å²) < 4.78 is 0.235. The second-order valence-electron chi connectivity index (χ2n) is 11.6. The molecule has 1 N–H and O–H groups in total. The molecular weight excluding hydrogens is 408 g/mol. The predicted molar refractivity (Wildman–Crippen MR) is 143 cm³/mol.